The molecule has 0 atom stereocenters. The van der Waals surface area contributed by atoms with Gasteiger partial charge in [0, 0.05) is 31.6 Å². The van der Waals surface area contributed by atoms with E-state index in [0.29, 0.717) is 19.6 Å². The molecule has 2 aliphatic rings. The van der Waals surface area contributed by atoms with Crippen molar-refractivity contribution in [2.45, 2.75) is 6.54 Å². The first-order chi connectivity index (χ1) is 13.2. The van der Waals surface area contributed by atoms with Crippen LogP contribution in [0.3, 0.4) is 0 Å². The Hall–Kier alpha value is -2.23. The number of fused-ring (bicyclic) bond motifs is 1. The highest BCUT2D eigenvalue weighted by atomic mass is 32.2. The van der Waals surface area contributed by atoms with E-state index >= 15 is 0 Å². The van der Waals surface area contributed by atoms with Crippen LogP contribution in [0, 0.1) is 0 Å². The van der Waals surface area contributed by atoms with Crippen LogP contribution in [0.4, 0.5) is 10.6 Å². The second kappa shape index (κ2) is 8.20. The van der Waals surface area contributed by atoms with Gasteiger partial charge in [-0.1, -0.05) is 23.9 Å². The Balaban J connectivity index is 1.49. The SMILES string of the molecule is O=C1CSC(=O)N1CCNc1nc(CN2CCOCC2)nc2ccccc12. The molecular formula is C18H21N5O3S. The van der Waals surface area contributed by atoms with Crippen LogP contribution in [0.2, 0.25) is 0 Å². The molecule has 2 aliphatic heterocycles. The molecule has 9 heteroatoms. The van der Waals surface area contributed by atoms with Crippen LogP contribution >= 0.6 is 11.8 Å². The van der Waals surface area contributed by atoms with Crippen molar-refractivity contribution in [3.63, 3.8) is 0 Å². The van der Waals surface area contributed by atoms with Crippen LogP contribution in [0.25, 0.3) is 10.9 Å². The van der Waals surface area contributed by atoms with E-state index in [1.54, 1.807) is 0 Å². The van der Waals surface area contributed by atoms with Crippen molar-refractivity contribution in [2.75, 3.05) is 50.5 Å². The number of amides is 2. The normalized spacial score (nSPS) is 18.4. The van der Waals surface area contributed by atoms with E-state index < -0.39 is 0 Å². The summed E-state index contributed by atoms with van der Waals surface area (Å²) in [5, 5.41) is 4.03. The minimum absolute atomic E-state index is 0.132. The fourth-order valence-corrected chi connectivity index (χ4v) is 3.92. The number of nitrogens with zero attached hydrogens (tertiary/aromatic N) is 4. The second-order valence-corrected chi connectivity index (χ2v) is 7.35. The first-order valence-corrected chi connectivity index (χ1v) is 9.96. The number of ether oxygens (including phenoxy) is 1. The van der Waals surface area contributed by atoms with Gasteiger partial charge in [0.2, 0.25) is 5.91 Å². The van der Waals surface area contributed by atoms with E-state index in [2.05, 4.69) is 15.2 Å². The van der Waals surface area contributed by atoms with Gasteiger partial charge in [-0.3, -0.25) is 19.4 Å². The Morgan fingerprint density at radius 3 is 2.74 bits per heavy atom. The highest BCUT2D eigenvalue weighted by Gasteiger charge is 2.29. The summed E-state index contributed by atoms with van der Waals surface area (Å²) in [6, 6.07) is 7.84. The molecule has 1 N–H and O–H groups in total. The average molecular weight is 387 g/mol. The Morgan fingerprint density at radius 1 is 1.15 bits per heavy atom. The van der Waals surface area contributed by atoms with Gasteiger partial charge < -0.3 is 10.1 Å². The quantitative estimate of drug-likeness (QED) is 0.799. The molecule has 0 unspecified atom stereocenters. The standard InChI is InChI=1S/C18H21N5O3S/c24-16-12-27-18(25)23(16)6-5-19-17-13-3-1-2-4-14(13)20-15(21-17)11-22-7-9-26-10-8-22/h1-4H,5-12H2,(H,19,20,21). The zero-order valence-electron chi connectivity index (χ0n) is 14.9. The molecule has 0 radical (unpaired) electrons. The van der Waals surface area contributed by atoms with Gasteiger partial charge in [-0.05, 0) is 12.1 Å². The number of rotatable bonds is 6. The van der Waals surface area contributed by atoms with Crippen molar-refractivity contribution in [3.05, 3.63) is 30.1 Å². The summed E-state index contributed by atoms with van der Waals surface area (Å²) in [7, 11) is 0. The molecule has 2 fully saturated rings. The van der Waals surface area contributed by atoms with E-state index in [4.69, 9.17) is 9.72 Å². The molecule has 3 heterocycles. The van der Waals surface area contributed by atoms with Gasteiger partial charge in [0.1, 0.15) is 11.6 Å². The smallest absolute Gasteiger partial charge is 0.288 e. The minimum atomic E-state index is -0.178. The number of hydrogen-bond acceptors (Lipinski definition) is 8. The van der Waals surface area contributed by atoms with Gasteiger partial charge >= 0.3 is 0 Å². The van der Waals surface area contributed by atoms with Gasteiger partial charge in [-0.2, -0.15) is 0 Å². The lowest BCUT2D eigenvalue weighted by Gasteiger charge is -2.26. The zero-order chi connectivity index (χ0) is 18.6. The molecule has 142 valence electrons. The van der Waals surface area contributed by atoms with Crippen molar-refractivity contribution in [3.8, 4) is 0 Å². The lowest BCUT2D eigenvalue weighted by Crippen LogP contribution is -2.36. The summed E-state index contributed by atoms with van der Waals surface area (Å²) in [5.74, 6) is 1.59. The van der Waals surface area contributed by atoms with E-state index in [1.165, 1.54) is 4.90 Å². The molecule has 1 aromatic heterocycles. The number of carbonyl (C=O) groups is 2. The van der Waals surface area contributed by atoms with Gasteiger partial charge in [-0.15, -0.1) is 0 Å². The molecule has 4 rings (SSSR count). The molecule has 0 saturated carbocycles. The van der Waals surface area contributed by atoms with Gasteiger partial charge in [0.25, 0.3) is 5.24 Å². The third-order valence-corrected chi connectivity index (χ3v) is 5.45. The van der Waals surface area contributed by atoms with Crippen molar-refractivity contribution in [2.24, 2.45) is 0 Å². The summed E-state index contributed by atoms with van der Waals surface area (Å²) in [4.78, 5) is 36.4. The molecule has 0 aliphatic carbocycles. The maximum atomic E-state index is 11.7. The Labute approximate surface area is 161 Å². The zero-order valence-corrected chi connectivity index (χ0v) is 15.7. The molecule has 0 spiro atoms. The number of anilines is 1. The fourth-order valence-electron chi connectivity index (χ4n) is 3.17. The van der Waals surface area contributed by atoms with Crippen LogP contribution in [0.5, 0.6) is 0 Å². The predicted octanol–water partition coefficient (Wildman–Crippen LogP) is 1.57. The summed E-state index contributed by atoms with van der Waals surface area (Å²) in [5.41, 5.74) is 0.877. The highest BCUT2D eigenvalue weighted by Crippen LogP contribution is 2.22. The van der Waals surface area contributed by atoms with Gasteiger partial charge in [-0.25, -0.2) is 9.97 Å². The number of thioether (sulfide) groups is 1. The molecule has 2 aromatic rings. The number of para-hydroxylation sites is 1. The number of aromatic nitrogens is 2. The second-order valence-electron chi connectivity index (χ2n) is 6.42. The van der Waals surface area contributed by atoms with E-state index in [0.717, 1.165) is 60.6 Å². The number of nitrogens with one attached hydrogen (secondary N) is 1. The minimum Gasteiger partial charge on any atom is -0.379 e. The lowest BCUT2D eigenvalue weighted by atomic mass is 10.2. The third kappa shape index (κ3) is 4.20. The number of morpholine rings is 1. The Morgan fingerprint density at radius 2 is 1.96 bits per heavy atom. The summed E-state index contributed by atoms with van der Waals surface area (Å²) in [6.45, 7) is 4.66. The van der Waals surface area contributed by atoms with E-state index in [1.807, 2.05) is 24.3 Å². The molecule has 8 nitrogen and oxygen atoms in total. The van der Waals surface area contributed by atoms with Crippen LogP contribution in [0.15, 0.2) is 24.3 Å². The van der Waals surface area contributed by atoms with Crippen molar-refractivity contribution in [1.29, 1.82) is 0 Å². The number of imide groups is 1. The van der Waals surface area contributed by atoms with Gasteiger partial charge in [0.15, 0.2) is 0 Å². The average Bonchev–Trinajstić information content (AvgIpc) is 3.01. The van der Waals surface area contributed by atoms with Crippen LogP contribution < -0.4 is 5.32 Å². The fraction of sp³-hybridized carbons (Fsp3) is 0.444. The molecule has 0 bridgehead atoms. The number of benzene rings is 1. The third-order valence-electron chi connectivity index (χ3n) is 4.59. The maximum absolute atomic E-state index is 11.7. The first-order valence-electron chi connectivity index (χ1n) is 8.97. The van der Waals surface area contributed by atoms with Crippen molar-refractivity contribution < 1.29 is 14.3 Å². The summed E-state index contributed by atoms with van der Waals surface area (Å²) >= 11 is 1.05. The van der Waals surface area contributed by atoms with Crippen LogP contribution in [-0.2, 0) is 16.1 Å². The largest absolute Gasteiger partial charge is 0.379 e. The van der Waals surface area contributed by atoms with Crippen LogP contribution in [0.1, 0.15) is 5.82 Å². The topological polar surface area (TPSA) is 87.7 Å². The Kier molecular flexibility index (Phi) is 5.51. The molecule has 1 aromatic carbocycles. The van der Waals surface area contributed by atoms with Crippen molar-refractivity contribution in [1.82, 2.24) is 19.8 Å². The molecule has 2 amide bonds. The lowest BCUT2D eigenvalue weighted by molar-refractivity contribution is -0.124. The van der Waals surface area contributed by atoms with Gasteiger partial charge in [0.05, 0.1) is 31.0 Å². The summed E-state index contributed by atoms with van der Waals surface area (Å²) in [6.07, 6.45) is 0. The predicted molar refractivity (Wildman–Crippen MR) is 104 cm³/mol. The molecular weight excluding hydrogens is 366 g/mol. The maximum Gasteiger partial charge on any atom is 0.288 e. The highest BCUT2D eigenvalue weighted by molar-refractivity contribution is 8.14. The first kappa shape index (κ1) is 18.1. The monoisotopic (exact) mass is 387 g/mol. The van der Waals surface area contributed by atoms with Crippen molar-refractivity contribution >= 4 is 39.6 Å². The van der Waals surface area contributed by atoms with E-state index in [9.17, 15) is 9.59 Å². The molecule has 2 saturated heterocycles. The number of carbonyl (C=O) groups excluding carboxylic acids is 2. The number of hydrogen-bond donors (Lipinski definition) is 1. The van der Waals surface area contributed by atoms with E-state index in [-0.39, 0.29) is 16.9 Å². The molecule has 27 heavy (non-hydrogen) atoms. The van der Waals surface area contributed by atoms with Crippen LogP contribution in [-0.4, -0.2) is 76.1 Å². The Bertz CT molecular complexity index is 840. The summed E-state index contributed by atoms with van der Waals surface area (Å²) < 4.78 is 5.39.